The Morgan fingerprint density at radius 2 is 2.03 bits per heavy atom. The smallest absolute Gasteiger partial charge is 0.416 e. The maximum absolute atomic E-state index is 13.5. The first-order valence-corrected chi connectivity index (χ1v) is 10.2. The highest BCUT2D eigenvalue weighted by molar-refractivity contribution is 5.66. The SMILES string of the molecule is CNCCN(C)Cc1c[nH]nc1-c1cc(OCC2CCOCC2)cc(C(F)(F)F)c1. The van der Waals surface area contributed by atoms with Crippen LogP contribution in [0.5, 0.6) is 5.75 Å². The van der Waals surface area contributed by atoms with Gasteiger partial charge in [-0.25, -0.2) is 0 Å². The summed E-state index contributed by atoms with van der Waals surface area (Å²) in [6, 6.07) is 3.84. The number of halogens is 3. The van der Waals surface area contributed by atoms with E-state index in [1.54, 1.807) is 12.3 Å². The molecule has 2 N–H and O–H groups in total. The Bertz CT molecular complexity index is 804. The Balaban J connectivity index is 1.82. The number of benzene rings is 1. The molecule has 0 aliphatic carbocycles. The van der Waals surface area contributed by atoms with Crippen molar-refractivity contribution in [1.82, 2.24) is 20.4 Å². The van der Waals surface area contributed by atoms with Crippen molar-refractivity contribution in [3.05, 3.63) is 35.5 Å². The van der Waals surface area contributed by atoms with Crippen molar-refractivity contribution in [3.63, 3.8) is 0 Å². The normalized spacial score (nSPS) is 15.7. The van der Waals surface area contributed by atoms with Crippen molar-refractivity contribution in [1.29, 1.82) is 0 Å². The fraction of sp³-hybridized carbons (Fsp3) is 0.571. The van der Waals surface area contributed by atoms with Gasteiger partial charge in [0.2, 0.25) is 0 Å². The number of ether oxygens (including phenoxy) is 2. The minimum absolute atomic E-state index is 0.212. The quantitative estimate of drug-likeness (QED) is 0.642. The molecule has 0 unspecified atom stereocenters. The average Bonchev–Trinajstić information content (AvgIpc) is 3.18. The molecular formula is C21H29F3N4O2. The minimum atomic E-state index is -4.47. The van der Waals surface area contributed by atoms with Crippen LogP contribution in [0.15, 0.2) is 24.4 Å². The molecule has 1 aromatic carbocycles. The fourth-order valence-corrected chi connectivity index (χ4v) is 3.47. The van der Waals surface area contributed by atoms with E-state index in [0.29, 0.717) is 43.5 Å². The molecule has 2 heterocycles. The molecular weight excluding hydrogens is 397 g/mol. The van der Waals surface area contributed by atoms with Crippen LogP contribution in [0, 0.1) is 5.92 Å². The van der Waals surface area contributed by atoms with Gasteiger partial charge in [0.15, 0.2) is 0 Å². The molecule has 166 valence electrons. The first-order valence-electron chi connectivity index (χ1n) is 10.2. The summed E-state index contributed by atoms with van der Waals surface area (Å²) in [5.41, 5.74) is 1.00. The lowest BCUT2D eigenvalue weighted by Crippen LogP contribution is -2.27. The number of nitrogens with zero attached hydrogens (tertiary/aromatic N) is 2. The Labute approximate surface area is 174 Å². The van der Waals surface area contributed by atoms with Crippen molar-refractivity contribution >= 4 is 0 Å². The zero-order valence-corrected chi connectivity index (χ0v) is 17.4. The molecule has 1 fully saturated rings. The van der Waals surface area contributed by atoms with Crippen LogP contribution in [0.25, 0.3) is 11.3 Å². The first kappa shape index (κ1) is 22.6. The third kappa shape index (κ3) is 6.20. The predicted octanol–water partition coefficient (Wildman–Crippen LogP) is 3.55. The Morgan fingerprint density at radius 1 is 1.27 bits per heavy atom. The zero-order chi connectivity index (χ0) is 21.6. The molecule has 1 saturated heterocycles. The van der Waals surface area contributed by atoms with Gasteiger partial charge in [-0.05, 0) is 51.1 Å². The lowest BCUT2D eigenvalue weighted by Gasteiger charge is -2.22. The van der Waals surface area contributed by atoms with E-state index in [1.807, 2.05) is 14.1 Å². The van der Waals surface area contributed by atoms with Crippen molar-refractivity contribution in [2.24, 2.45) is 5.92 Å². The number of H-pyrrole nitrogens is 1. The first-order chi connectivity index (χ1) is 14.4. The topological polar surface area (TPSA) is 62.4 Å². The standard InChI is InChI=1S/C21H29F3N4O2/c1-25-5-6-28(2)13-17-12-26-27-20(17)16-9-18(21(22,23)24)11-19(10-16)30-14-15-3-7-29-8-4-15/h9-12,15,25H,3-8,13-14H2,1-2H3,(H,26,27). The van der Waals surface area contributed by atoms with Gasteiger partial charge in [0.25, 0.3) is 0 Å². The second-order valence-corrected chi connectivity index (χ2v) is 7.71. The van der Waals surface area contributed by atoms with E-state index >= 15 is 0 Å². The molecule has 0 saturated carbocycles. The highest BCUT2D eigenvalue weighted by Gasteiger charge is 2.32. The molecule has 9 heteroatoms. The molecule has 6 nitrogen and oxygen atoms in total. The van der Waals surface area contributed by atoms with Gasteiger partial charge < -0.3 is 19.7 Å². The Hall–Kier alpha value is -2.10. The summed E-state index contributed by atoms with van der Waals surface area (Å²) in [6.45, 7) is 3.91. The average molecular weight is 426 g/mol. The number of hydrogen-bond acceptors (Lipinski definition) is 5. The molecule has 2 aromatic rings. The lowest BCUT2D eigenvalue weighted by molar-refractivity contribution is -0.137. The minimum Gasteiger partial charge on any atom is -0.493 e. The molecule has 0 amide bonds. The van der Waals surface area contributed by atoms with Gasteiger partial charge in [-0.3, -0.25) is 5.10 Å². The van der Waals surface area contributed by atoms with Crippen LogP contribution in [-0.4, -0.2) is 62.1 Å². The van der Waals surface area contributed by atoms with Crippen LogP contribution in [0.4, 0.5) is 13.2 Å². The van der Waals surface area contributed by atoms with E-state index in [4.69, 9.17) is 9.47 Å². The van der Waals surface area contributed by atoms with Gasteiger partial charge in [0, 0.05) is 50.2 Å². The van der Waals surface area contributed by atoms with Crippen LogP contribution in [-0.2, 0) is 17.5 Å². The van der Waals surface area contributed by atoms with Crippen LogP contribution in [0.1, 0.15) is 24.0 Å². The van der Waals surface area contributed by atoms with E-state index in [-0.39, 0.29) is 5.75 Å². The van der Waals surface area contributed by atoms with Gasteiger partial charge in [-0.1, -0.05) is 0 Å². The van der Waals surface area contributed by atoms with Crippen molar-refractivity contribution in [2.45, 2.75) is 25.6 Å². The van der Waals surface area contributed by atoms with E-state index in [1.165, 1.54) is 0 Å². The number of likely N-dealkylation sites (N-methyl/N-ethyl adjacent to an activating group) is 2. The van der Waals surface area contributed by atoms with E-state index in [9.17, 15) is 13.2 Å². The van der Waals surface area contributed by atoms with Gasteiger partial charge in [0.1, 0.15) is 5.75 Å². The molecule has 0 spiro atoms. The summed E-state index contributed by atoms with van der Waals surface area (Å²) in [5.74, 6) is 0.502. The third-order valence-corrected chi connectivity index (χ3v) is 5.24. The number of aromatic amines is 1. The van der Waals surface area contributed by atoms with E-state index in [0.717, 1.165) is 43.6 Å². The molecule has 0 bridgehead atoms. The van der Waals surface area contributed by atoms with E-state index in [2.05, 4.69) is 20.4 Å². The van der Waals surface area contributed by atoms with Gasteiger partial charge in [-0.2, -0.15) is 18.3 Å². The van der Waals surface area contributed by atoms with Crippen LogP contribution in [0.2, 0.25) is 0 Å². The highest BCUT2D eigenvalue weighted by Crippen LogP contribution is 2.36. The van der Waals surface area contributed by atoms with Crippen molar-refractivity contribution in [2.75, 3.05) is 47.0 Å². The fourth-order valence-electron chi connectivity index (χ4n) is 3.47. The monoisotopic (exact) mass is 426 g/mol. The zero-order valence-electron chi connectivity index (χ0n) is 17.4. The van der Waals surface area contributed by atoms with Crippen LogP contribution >= 0.6 is 0 Å². The molecule has 0 radical (unpaired) electrons. The number of alkyl halides is 3. The maximum Gasteiger partial charge on any atom is 0.416 e. The van der Waals surface area contributed by atoms with Crippen molar-refractivity contribution in [3.8, 4) is 17.0 Å². The molecule has 0 atom stereocenters. The summed E-state index contributed by atoms with van der Waals surface area (Å²) < 4.78 is 51.7. The molecule has 1 aliphatic heterocycles. The van der Waals surface area contributed by atoms with E-state index < -0.39 is 11.7 Å². The maximum atomic E-state index is 13.5. The molecule has 30 heavy (non-hydrogen) atoms. The van der Waals surface area contributed by atoms with Gasteiger partial charge in [-0.15, -0.1) is 0 Å². The molecule has 1 aromatic heterocycles. The van der Waals surface area contributed by atoms with Crippen molar-refractivity contribution < 1.29 is 22.6 Å². The lowest BCUT2D eigenvalue weighted by atomic mass is 10.0. The number of hydrogen-bond donors (Lipinski definition) is 2. The third-order valence-electron chi connectivity index (χ3n) is 5.24. The Morgan fingerprint density at radius 3 is 2.73 bits per heavy atom. The largest absolute Gasteiger partial charge is 0.493 e. The summed E-state index contributed by atoms with van der Waals surface area (Å²) in [5, 5.41) is 10.1. The summed E-state index contributed by atoms with van der Waals surface area (Å²) in [6.07, 6.45) is -1.02. The number of aromatic nitrogens is 2. The summed E-state index contributed by atoms with van der Waals surface area (Å²) >= 11 is 0. The molecule has 1 aliphatic rings. The number of nitrogens with one attached hydrogen (secondary N) is 2. The summed E-state index contributed by atoms with van der Waals surface area (Å²) in [4.78, 5) is 2.08. The summed E-state index contributed by atoms with van der Waals surface area (Å²) in [7, 11) is 3.84. The second kappa shape index (κ2) is 10.3. The van der Waals surface area contributed by atoms with Gasteiger partial charge >= 0.3 is 6.18 Å². The predicted molar refractivity (Wildman–Crippen MR) is 108 cm³/mol. The van der Waals surface area contributed by atoms with Gasteiger partial charge in [0.05, 0.1) is 17.9 Å². The highest BCUT2D eigenvalue weighted by atomic mass is 19.4. The second-order valence-electron chi connectivity index (χ2n) is 7.71. The Kier molecular flexibility index (Phi) is 7.74. The van der Waals surface area contributed by atoms with Crippen LogP contribution < -0.4 is 10.1 Å². The van der Waals surface area contributed by atoms with Crippen LogP contribution in [0.3, 0.4) is 0 Å². The molecule has 3 rings (SSSR count). The number of rotatable bonds is 9.